The van der Waals surface area contributed by atoms with Gasteiger partial charge in [-0.15, -0.1) is 32.9 Å². The lowest BCUT2D eigenvalue weighted by Crippen LogP contribution is -2.17. The molecule has 3 aromatic heterocycles. The molecule has 0 unspecified atom stereocenters. The lowest BCUT2D eigenvalue weighted by Gasteiger charge is -2.04. The molecule has 0 aliphatic carbocycles. The van der Waals surface area contributed by atoms with Crippen LogP contribution in [0.1, 0.15) is 22.5 Å². The van der Waals surface area contributed by atoms with Crippen LogP contribution < -0.4 is 10.3 Å². The van der Waals surface area contributed by atoms with E-state index in [2.05, 4.69) is 28.3 Å². The minimum atomic E-state index is -0.226. The molecule has 1 N–H and O–H groups in total. The van der Waals surface area contributed by atoms with Gasteiger partial charge in [0.05, 0.1) is 29.4 Å². The zero-order valence-corrected chi connectivity index (χ0v) is 18.5. The summed E-state index contributed by atoms with van der Waals surface area (Å²) in [5.41, 5.74) is 2.28. The minimum absolute atomic E-state index is 0.226. The maximum atomic E-state index is 12.9. The van der Waals surface area contributed by atoms with Crippen LogP contribution in [0.15, 0.2) is 56.8 Å². The van der Waals surface area contributed by atoms with Gasteiger partial charge in [-0.3, -0.25) is 9.89 Å². The Bertz CT molecular complexity index is 1230. The van der Waals surface area contributed by atoms with E-state index in [4.69, 9.17) is 9.72 Å². The molecule has 0 amide bonds. The van der Waals surface area contributed by atoms with Crippen LogP contribution in [0.25, 0.3) is 10.6 Å². The van der Waals surface area contributed by atoms with Gasteiger partial charge in [-0.1, -0.05) is 18.2 Å². The van der Waals surface area contributed by atoms with Crippen molar-refractivity contribution >= 4 is 34.0 Å². The van der Waals surface area contributed by atoms with Gasteiger partial charge in [0.1, 0.15) is 16.4 Å². The van der Waals surface area contributed by atoms with Crippen molar-refractivity contribution in [1.82, 2.24) is 14.8 Å². The monoisotopic (exact) mass is 439 g/mol. The Hall–Kier alpha value is -3.04. The largest absolute Gasteiger partial charge is 0.492 e. The van der Waals surface area contributed by atoms with Gasteiger partial charge in [0, 0.05) is 4.88 Å². The van der Waals surface area contributed by atoms with Crippen LogP contribution in [-0.4, -0.2) is 21.4 Å². The Kier molecular flexibility index (Phi) is 5.91. The Balaban J connectivity index is 1.59. The molecular formula is C21H21N5O2S2. The number of aromatic amines is 1. The number of nitrogens with one attached hydrogen (secondary N) is 1. The average Bonchev–Trinajstić information content (AvgIpc) is 3.43. The van der Waals surface area contributed by atoms with Crippen molar-refractivity contribution in [2.45, 2.75) is 27.3 Å². The van der Waals surface area contributed by atoms with Gasteiger partial charge >= 0.3 is 0 Å². The molecule has 1 aromatic carbocycles. The Morgan fingerprint density at radius 1 is 1.17 bits per heavy atom. The van der Waals surface area contributed by atoms with Crippen LogP contribution in [0.2, 0.25) is 0 Å². The van der Waals surface area contributed by atoms with Crippen molar-refractivity contribution in [3.63, 3.8) is 0 Å². The quantitative estimate of drug-likeness (QED) is 0.367. The summed E-state index contributed by atoms with van der Waals surface area (Å²) in [5.74, 6) is 0.636. The van der Waals surface area contributed by atoms with Crippen molar-refractivity contribution in [2.24, 2.45) is 10.2 Å². The van der Waals surface area contributed by atoms with Crippen molar-refractivity contribution in [1.29, 1.82) is 0 Å². The highest BCUT2D eigenvalue weighted by atomic mass is 32.1. The molecule has 0 radical (unpaired) electrons. The van der Waals surface area contributed by atoms with E-state index in [1.807, 2.05) is 43.5 Å². The number of aromatic nitrogens is 3. The Morgan fingerprint density at radius 3 is 2.77 bits per heavy atom. The number of aryl methyl sites for hydroxylation is 2. The number of azo groups is 1. The molecule has 3 heterocycles. The highest BCUT2D eigenvalue weighted by Gasteiger charge is 2.15. The fraction of sp³-hybridized carbons (Fsp3) is 0.238. The number of ether oxygens (including phenoxy) is 1. The van der Waals surface area contributed by atoms with Crippen LogP contribution in [-0.2, 0) is 6.54 Å². The summed E-state index contributed by atoms with van der Waals surface area (Å²) in [7, 11) is 0. The highest BCUT2D eigenvalue weighted by Crippen LogP contribution is 2.31. The second-order valence-electron chi connectivity index (χ2n) is 6.57. The number of hydrogen-bond acceptors (Lipinski definition) is 7. The Morgan fingerprint density at radius 2 is 2.00 bits per heavy atom. The van der Waals surface area contributed by atoms with Crippen LogP contribution in [0.3, 0.4) is 0 Å². The molecule has 0 saturated carbocycles. The molecule has 0 spiro atoms. The summed E-state index contributed by atoms with van der Waals surface area (Å²) in [6.45, 7) is 6.66. The SMILES string of the molecule is CCOc1ccccc1N=Nc1c(C)[nH]n(Cc2nc(-c3cccs3)c(C)s2)c1=O. The zero-order valence-electron chi connectivity index (χ0n) is 16.9. The predicted molar refractivity (Wildman–Crippen MR) is 121 cm³/mol. The summed E-state index contributed by atoms with van der Waals surface area (Å²) in [4.78, 5) is 19.9. The molecule has 30 heavy (non-hydrogen) atoms. The van der Waals surface area contributed by atoms with Gasteiger partial charge in [0.15, 0.2) is 5.69 Å². The molecule has 4 aromatic rings. The molecule has 0 atom stereocenters. The number of hydrogen-bond donors (Lipinski definition) is 1. The fourth-order valence-corrected chi connectivity index (χ4v) is 4.81. The highest BCUT2D eigenvalue weighted by molar-refractivity contribution is 7.15. The summed E-state index contributed by atoms with van der Waals surface area (Å²) in [6.07, 6.45) is 0. The average molecular weight is 440 g/mol. The lowest BCUT2D eigenvalue weighted by molar-refractivity contribution is 0.341. The van der Waals surface area contributed by atoms with E-state index in [9.17, 15) is 4.79 Å². The van der Waals surface area contributed by atoms with Gasteiger partial charge in [-0.25, -0.2) is 9.67 Å². The van der Waals surface area contributed by atoms with Crippen LogP contribution in [0.5, 0.6) is 5.75 Å². The Labute approximate surface area is 181 Å². The molecule has 0 bridgehead atoms. The van der Waals surface area contributed by atoms with Gasteiger partial charge in [0.2, 0.25) is 0 Å². The molecule has 0 aliphatic heterocycles. The molecule has 0 saturated heterocycles. The normalized spacial score (nSPS) is 11.4. The molecular weight excluding hydrogens is 418 g/mol. The number of H-pyrrole nitrogens is 1. The standard InChI is InChI=1S/C21H21N5O2S2/c1-4-28-16-9-6-5-8-15(16)23-24-19-13(2)25-26(21(19)27)12-18-22-20(14(3)30-18)17-10-7-11-29-17/h5-11,25H,4,12H2,1-3H3. The smallest absolute Gasteiger partial charge is 0.294 e. The second kappa shape index (κ2) is 8.76. The third-order valence-corrected chi connectivity index (χ3v) is 6.25. The van der Waals surface area contributed by atoms with Crippen molar-refractivity contribution in [3.8, 4) is 16.3 Å². The minimum Gasteiger partial charge on any atom is -0.492 e. The summed E-state index contributed by atoms with van der Waals surface area (Å²) in [6, 6.07) is 11.4. The van der Waals surface area contributed by atoms with Crippen LogP contribution >= 0.6 is 22.7 Å². The molecule has 0 fully saturated rings. The summed E-state index contributed by atoms with van der Waals surface area (Å²) < 4.78 is 7.09. The van der Waals surface area contributed by atoms with Gasteiger partial charge in [-0.05, 0) is 44.4 Å². The van der Waals surface area contributed by atoms with E-state index in [-0.39, 0.29) is 11.2 Å². The van der Waals surface area contributed by atoms with E-state index in [1.54, 1.807) is 28.7 Å². The topological polar surface area (TPSA) is 84.6 Å². The van der Waals surface area contributed by atoms with E-state index >= 15 is 0 Å². The summed E-state index contributed by atoms with van der Waals surface area (Å²) in [5, 5.41) is 14.4. The first-order chi connectivity index (χ1) is 14.6. The maximum Gasteiger partial charge on any atom is 0.294 e. The number of nitrogens with zero attached hydrogens (tertiary/aromatic N) is 4. The number of thiazole rings is 1. The molecule has 9 heteroatoms. The van der Waals surface area contributed by atoms with Crippen molar-refractivity contribution in [2.75, 3.05) is 6.61 Å². The van der Waals surface area contributed by atoms with Crippen LogP contribution in [0.4, 0.5) is 11.4 Å². The second-order valence-corrected chi connectivity index (χ2v) is 8.80. The first-order valence-corrected chi connectivity index (χ1v) is 11.2. The molecule has 7 nitrogen and oxygen atoms in total. The number of thiophene rings is 1. The van der Waals surface area contributed by atoms with Gasteiger partial charge in [0.25, 0.3) is 5.56 Å². The maximum absolute atomic E-state index is 12.9. The van der Waals surface area contributed by atoms with Crippen LogP contribution in [0, 0.1) is 13.8 Å². The zero-order chi connectivity index (χ0) is 21.1. The van der Waals surface area contributed by atoms with E-state index < -0.39 is 0 Å². The fourth-order valence-electron chi connectivity index (χ4n) is 3.04. The van der Waals surface area contributed by atoms with Crippen molar-refractivity contribution in [3.05, 3.63) is 67.7 Å². The molecule has 4 rings (SSSR count). The van der Waals surface area contributed by atoms with E-state index in [1.165, 1.54) is 4.68 Å². The number of benzene rings is 1. The van der Waals surface area contributed by atoms with Gasteiger partial charge < -0.3 is 4.74 Å². The predicted octanol–water partition coefficient (Wildman–Crippen LogP) is 5.84. The number of para-hydroxylation sites is 1. The van der Waals surface area contributed by atoms with E-state index in [0.29, 0.717) is 30.3 Å². The van der Waals surface area contributed by atoms with Gasteiger partial charge in [-0.2, -0.15) is 0 Å². The summed E-state index contributed by atoms with van der Waals surface area (Å²) >= 11 is 3.25. The molecule has 154 valence electrons. The molecule has 0 aliphatic rings. The first-order valence-electron chi connectivity index (χ1n) is 9.50. The first kappa shape index (κ1) is 20.2. The lowest BCUT2D eigenvalue weighted by atomic mass is 10.3. The number of rotatable bonds is 7. The van der Waals surface area contributed by atoms with E-state index in [0.717, 1.165) is 20.5 Å². The third kappa shape index (κ3) is 4.12. The van der Waals surface area contributed by atoms with Crippen molar-refractivity contribution < 1.29 is 4.74 Å². The third-order valence-electron chi connectivity index (χ3n) is 4.42.